The van der Waals surface area contributed by atoms with Crippen molar-refractivity contribution in [3.8, 4) is 132 Å². The van der Waals surface area contributed by atoms with Crippen molar-refractivity contribution in [2.24, 2.45) is 0 Å². The summed E-state index contributed by atoms with van der Waals surface area (Å²) in [6.07, 6.45) is -12.0. The number of hydrogen-bond acceptors (Lipinski definition) is 27. The zero-order valence-corrected chi connectivity index (χ0v) is 43.8. The van der Waals surface area contributed by atoms with E-state index in [2.05, 4.69) is 0 Å². The van der Waals surface area contributed by atoms with E-state index in [1.54, 1.807) is 0 Å². The van der Waals surface area contributed by atoms with Crippen molar-refractivity contribution in [2.75, 3.05) is 0 Å². The van der Waals surface area contributed by atoms with Gasteiger partial charge in [-0.05, 0) is 54.1 Å². The molecule has 0 aromatic heterocycles. The van der Waals surface area contributed by atoms with Gasteiger partial charge in [0.2, 0.25) is 0 Å². The fraction of sp³-hybridized carbons (Fsp3) is 0.200. The summed E-state index contributed by atoms with van der Waals surface area (Å²) < 4.78 is 39.2. The summed E-state index contributed by atoms with van der Waals surface area (Å²) in [7, 11) is 0. The molecule has 0 spiro atoms. The van der Waals surface area contributed by atoms with Gasteiger partial charge in [0.1, 0.15) is 93.4 Å². The second kappa shape index (κ2) is 18.0. The quantitative estimate of drug-likeness (QED) is 0.105. The van der Waals surface area contributed by atoms with Crippen molar-refractivity contribution >= 4 is 0 Å². The van der Waals surface area contributed by atoms with Crippen LogP contribution in [0.1, 0.15) is 91.2 Å². The molecule has 21 N–H and O–H groups in total. The number of aliphatic hydroxyl groups is 4. The average molecular weight is 1200 g/mol. The molecule has 0 radical (unpaired) electrons. The molecule has 6 heterocycles. The van der Waals surface area contributed by atoms with E-state index in [4.69, 9.17) is 28.4 Å². The second-order valence-electron chi connectivity index (χ2n) is 21.9. The van der Waals surface area contributed by atoms with E-state index in [-0.39, 0.29) is 39.1 Å². The molecule has 0 aliphatic carbocycles. The van der Waals surface area contributed by atoms with E-state index >= 15 is 0 Å². The summed E-state index contributed by atoms with van der Waals surface area (Å²) in [6, 6.07) is 13.1. The maximum atomic E-state index is 13.2. The Kier molecular flexibility index (Phi) is 11.2. The minimum atomic E-state index is -2.89. The highest BCUT2D eigenvalue weighted by atomic mass is 16.7. The zero-order chi connectivity index (χ0) is 61.7. The van der Waals surface area contributed by atoms with E-state index < -0.39 is 227 Å². The Labute approximate surface area is 485 Å². The number of fused-ring (bicyclic) bond motifs is 16. The van der Waals surface area contributed by atoms with Crippen molar-refractivity contribution < 1.29 is 136 Å². The average Bonchev–Trinajstić information content (AvgIpc) is 0.695. The molecule has 0 saturated heterocycles. The van der Waals surface area contributed by atoms with Crippen molar-refractivity contribution in [1.29, 1.82) is 0 Å². The molecule has 27 heteroatoms. The maximum Gasteiger partial charge on any atom is 0.305 e. The van der Waals surface area contributed by atoms with Crippen LogP contribution in [0.15, 0.2) is 84.9 Å². The fourth-order valence-electron chi connectivity index (χ4n) is 13.1. The molecule has 0 saturated carbocycles. The first-order chi connectivity index (χ1) is 41.2. The van der Waals surface area contributed by atoms with E-state index in [1.807, 2.05) is 0 Å². The van der Waals surface area contributed by atoms with Gasteiger partial charge in [0.05, 0.1) is 23.9 Å². The molecule has 0 fully saturated rings. The van der Waals surface area contributed by atoms with Gasteiger partial charge in [-0.3, -0.25) is 0 Å². The monoisotopic (exact) mass is 1200 g/mol. The summed E-state index contributed by atoms with van der Waals surface area (Å²) in [5, 5.41) is 240. The van der Waals surface area contributed by atoms with E-state index in [1.165, 1.54) is 6.07 Å². The molecular weight excluding hydrogens is 1150 g/mol. The van der Waals surface area contributed by atoms with E-state index in [0.717, 1.165) is 78.9 Å². The van der Waals surface area contributed by atoms with E-state index in [0.29, 0.717) is 0 Å². The molecule has 11 unspecified atom stereocenters. The molecule has 0 amide bonds. The van der Waals surface area contributed by atoms with Gasteiger partial charge in [-0.1, -0.05) is 6.07 Å². The lowest BCUT2D eigenvalue weighted by atomic mass is 9.70. The van der Waals surface area contributed by atoms with Gasteiger partial charge in [-0.2, -0.15) is 0 Å². The van der Waals surface area contributed by atoms with Crippen molar-refractivity contribution in [3.05, 3.63) is 146 Å². The molecule has 6 aliphatic rings. The Morgan fingerprint density at radius 1 is 0.333 bits per heavy atom. The predicted molar refractivity (Wildman–Crippen MR) is 286 cm³/mol. The highest BCUT2D eigenvalue weighted by Gasteiger charge is 2.64. The number of benzene rings is 8. The smallest absolute Gasteiger partial charge is 0.305 e. The Morgan fingerprint density at radius 3 is 1.33 bits per heavy atom. The van der Waals surface area contributed by atoms with Crippen molar-refractivity contribution in [2.45, 2.75) is 72.4 Å². The van der Waals surface area contributed by atoms with E-state index in [9.17, 15) is 107 Å². The minimum absolute atomic E-state index is 0.0868. The third-order valence-electron chi connectivity index (χ3n) is 17.0. The van der Waals surface area contributed by atoms with Crippen LogP contribution < -0.4 is 28.4 Å². The van der Waals surface area contributed by atoms with Gasteiger partial charge in [0.15, 0.2) is 69.3 Å². The van der Waals surface area contributed by atoms with Crippen LogP contribution in [0.4, 0.5) is 0 Å². The number of rotatable bonds is 5. The number of aromatic hydroxyl groups is 17. The summed E-state index contributed by atoms with van der Waals surface area (Å²) in [6.45, 7) is 0. The Balaban J connectivity index is 1.06. The number of aliphatic hydroxyl groups excluding tert-OH is 4. The number of phenolic OH excluding ortho intramolecular Hbond substituents is 17. The van der Waals surface area contributed by atoms with Gasteiger partial charge < -0.3 is 136 Å². The molecule has 11 atom stereocenters. The molecule has 27 nitrogen and oxygen atoms in total. The summed E-state index contributed by atoms with van der Waals surface area (Å²) >= 11 is 0. The normalized spacial score (nSPS) is 25.8. The van der Waals surface area contributed by atoms with Crippen molar-refractivity contribution in [3.63, 3.8) is 0 Å². The molecule has 4 bridgehead atoms. The van der Waals surface area contributed by atoms with Crippen LogP contribution in [0.25, 0.3) is 0 Å². The molecule has 8 aromatic carbocycles. The Hall–Kier alpha value is -11.0. The van der Waals surface area contributed by atoms with Crippen LogP contribution >= 0.6 is 0 Å². The lowest BCUT2D eigenvalue weighted by Gasteiger charge is -2.52. The lowest BCUT2D eigenvalue weighted by molar-refractivity contribution is -0.219. The molecular formula is C60H46O27. The first-order valence-corrected chi connectivity index (χ1v) is 26.3. The summed E-state index contributed by atoms with van der Waals surface area (Å²) in [5.74, 6) is -29.0. The molecule has 6 aliphatic heterocycles. The van der Waals surface area contributed by atoms with Gasteiger partial charge in [-0.15, -0.1) is 0 Å². The topological polar surface area (TPSA) is 480 Å². The summed E-state index contributed by atoms with van der Waals surface area (Å²) in [4.78, 5) is 0. The first kappa shape index (κ1) is 54.0. The summed E-state index contributed by atoms with van der Waals surface area (Å²) in [5.41, 5.74) is -3.90. The largest absolute Gasteiger partial charge is 0.508 e. The van der Waals surface area contributed by atoms with Gasteiger partial charge in [-0.25, -0.2) is 0 Å². The van der Waals surface area contributed by atoms with Crippen LogP contribution in [0, 0.1) is 0 Å². The number of ether oxygens (including phenoxy) is 6. The van der Waals surface area contributed by atoms with Crippen molar-refractivity contribution in [1.82, 2.24) is 0 Å². The SMILES string of the molecule is Oc1cc(O)c2c(c1)OC1(c3cc(O)c(O)c(O)c3)Oc3cc(O)c4c(c3C2C1O)OC(c1cc(O)c(O)c(O)c1)C(O)C4c1c(O)cc(O)c2c1OC1(c3cc(O)c(O)c(O)c3)Oc3cc(O)c4c(c3C2C1O)OC(c1ccc(O)c(O)c1)C(O)C4. The zero-order valence-electron chi connectivity index (χ0n) is 43.8. The Morgan fingerprint density at radius 2 is 0.770 bits per heavy atom. The van der Waals surface area contributed by atoms with Crippen LogP contribution in [-0.2, 0) is 18.0 Å². The minimum Gasteiger partial charge on any atom is -0.508 e. The van der Waals surface area contributed by atoms with Crippen LogP contribution in [0.2, 0.25) is 0 Å². The maximum absolute atomic E-state index is 13.2. The highest BCUT2D eigenvalue weighted by molar-refractivity contribution is 5.75. The lowest BCUT2D eigenvalue weighted by Crippen LogP contribution is -2.58. The van der Waals surface area contributed by atoms with Gasteiger partial charge in [0.25, 0.3) is 0 Å². The van der Waals surface area contributed by atoms with Crippen LogP contribution in [0.3, 0.4) is 0 Å². The number of hydrogen-bond donors (Lipinski definition) is 21. The number of phenols is 17. The fourth-order valence-corrected chi connectivity index (χ4v) is 13.1. The molecule has 87 heavy (non-hydrogen) atoms. The van der Waals surface area contributed by atoms with Gasteiger partial charge >= 0.3 is 11.6 Å². The Bertz CT molecular complexity index is 4290. The molecule has 448 valence electrons. The molecule has 8 aromatic rings. The third kappa shape index (κ3) is 7.30. The second-order valence-corrected chi connectivity index (χ2v) is 21.9. The first-order valence-electron chi connectivity index (χ1n) is 26.3. The van der Waals surface area contributed by atoms with Crippen LogP contribution in [-0.4, -0.2) is 132 Å². The predicted octanol–water partition coefficient (Wildman–Crippen LogP) is 4.61. The molecule has 14 rings (SSSR count). The van der Waals surface area contributed by atoms with Crippen LogP contribution in [0.5, 0.6) is 132 Å². The third-order valence-corrected chi connectivity index (χ3v) is 17.0. The highest BCUT2D eigenvalue weighted by Crippen LogP contribution is 2.69. The standard InChI is InChI=1S/C60H46O27/c61-20-10-25(65)39-36(11-20)84-59(18-6-31(71)49(77)32(72)7-18)57(80)46(39)44-38(85-59)15-28(68)40-45(51(79)53(83-55(40)44)17-4-29(69)48(76)30(70)5-17)41-26(66)13-27(67)42-47-43-37(86-60(58(47)81,87-56(41)42)19-8-33(73)50(78)34(74)9-19)14-23(63)21-12-35(75)52(82-54(21)43)16-1-2-22(62)24(64)3-16/h1-11,13-15,35,45-47,51-53,57-58,61-81H,12H2. The van der Waals surface area contributed by atoms with Gasteiger partial charge in [0, 0.05) is 92.4 Å².